The van der Waals surface area contributed by atoms with Gasteiger partial charge in [-0.1, -0.05) is 13.0 Å². The third-order valence-corrected chi connectivity index (χ3v) is 11.8. The average Bonchev–Trinajstić information content (AvgIpc) is 3.79. The van der Waals surface area contributed by atoms with Crippen molar-refractivity contribution in [2.45, 2.75) is 118 Å². The van der Waals surface area contributed by atoms with Crippen LogP contribution in [0.1, 0.15) is 38.7 Å². The summed E-state index contributed by atoms with van der Waals surface area (Å²) in [6, 6.07) is -9.00. The fourth-order valence-corrected chi connectivity index (χ4v) is 8.20. The van der Waals surface area contributed by atoms with Gasteiger partial charge in [0.2, 0.25) is 35.4 Å². The first-order valence-corrected chi connectivity index (χ1v) is 22.3. The van der Waals surface area contributed by atoms with Gasteiger partial charge in [-0.05, 0) is 44.0 Å². The minimum absolute atomic E-state index is 0.0924. The molecule has 1 aromatic rings. The Labute approximate surface area is 378 Å². The number of aliphatic hydroxyl groups excluding tert-OH is 8. The molecule has 0 unspecified atom stereocenters. The Morgan fingerprint density at radius 3 is 2.08 bits per heavy atom. The minimum atomic E-state index is -5.19. The summed E-state index contributed by atoms with van der Waals surface area (Å²) >= 11 is 0. The molecular formula is C38H60N8O19S. The molecule has 0 radical (unpaired) electrons. The number of hydrogen-bond acceptors (Lipinski definition) is 20. The number of nitrogens with two attached hydrogens (primary N) is 1. The molecule has 27 nitrogen and oxygen atoms in total. The Morgan fingerprint density at radius 2 is 1.45 bits per heavy atom. The summed E-state index contributed by atoms with van der Waals surface area (Å²) in [5.74, 6) is -9.40. The Balaban J connectivity index is 1.84. The van der Waals surface area contributed by atoms with Gasteiger partial charge in [-0.3, -0.25) is 33.3 Å². The van der Waals surface area contributed by atoms with Gasteiger partial charge < -0.3 is 92.3 Å². The van der Waals surface area contributed by atoms with Gasteiger partial charge in [0, 0.05) is 38.4 Å². The van der Waals surface area contributed by atoms with Gasteiger partial charge >= 0.3 is 10.4 Å². The summed E-state index contributed by atoms with van der Waals surface area (Å²) in [5.41, 5.74) is 5.92. The summed E-state index contributed by atoms with van der Waals surface area (Å²) in [7, 11) is -5.19. The number of carbonyl (C=O) groups is 6. The fraction of sp³-hybridized carbons (Fsp3) is 0.684. The molecule has 0 aromatic heterocycles. The van der Waals surface area contributed by atoms with Gasteiger partial charge in [0.1, 0.15) is 30.2 Å². The second-order valence-electron chi connectivity index (χ2n) is 16.7. The van der Waals surface area contributed by atoms with Crippen LogP contribution in [-0.4, -0.2) is 222 Å². The minimum Gasteiger partial charge on any atom is -0.504 e. The highest BCUT2D eigenvalue weighted by Crippen LogP contribution is 2.30. The van der Waals surface area contributed by atoms with E-state index in [1.807, 2.05) is 0 Å². The molecule has 3 heterocycles. The van der Waals surface area contributed by atoms with Gasteiger partial charge in [-0.25, -0.2) is 0 Å². The van der Waals surface area contributed by atoms with E-state index < -0.39 is 194 Å². The van der Waals surface area contributed by atoms with Crippen molar-refractivity contribution in [3.63, 3.8) is 0 Å². The van der Waals surface area contributed by atoms with Crippen LogP contribution in [-0.2, 0) is 45.6 Å². The molecule has 0 aliphatic carbocycles. The van der Waals surface area contributed by atoms with E-state index in [9.17, 15) is 87.7 Å². The lowest BCUT2D eigenvalue weighted by Crippen LogP contribution is -2.64. The van der Waals surface area contributed by atoms with Crippen LogP contribution in [0.15, 0.2) is 18.2 Å². The number of β-amino-alcohol motifs (C(OH)–C–C–N with tert-alkyl or cyclic N) is 1. The average molecular weight is 965 g/mol. The largest absolute Gasteiger partial charge is 0.504 e. The van der Waals surface area contributed by atoms with Crippen LogP contribution in [0, 0.1) is 5.92 Å². The summed E-state index contributed by atoms with van der Waals surface area (Å²) in [6.45, 7) is -0.144. The fourth-order valence-electron chi connectivity index (χ4n) is 7.84. The Bertz CT molecular complexity index is 2010. The number of phenols is 1. The van der Waals surface area contributed by atoms with E-state index >= 15 is 0 Å². The smallest absolute Gasteiger partial charge is 0.446 e. The van der Waals surface area contributed by atoms with Crippen molar-refractivity contribution in [3.8, 4) is 11.5 Å². The molecule has 0 saturated carbocycles. The molecule has 17 N–H and O–H groups in total. The zero-order chi connectivity index (χ0) is 49.4. The van der Waals surface area contributed by atoms with E-state index in [1.165, 1.54) is 6.92 Å². The van der Waals surface area contributed by atoms with E-state index in [0.717, 1.165) is 34.9 Å². The highest BCUT2D eigenvalue weighted by atomic mass is 32.3. The molecule has 13 atom stereocenters. The first-order valence-electron chi connectivity index (χ1n) is 20.9. The number of fused-ring (bicyclic) bond motifs is 2. The van der Waals surface area contributed by atoms with Crippen LogP contribution in [0.25, 0.3) is 0 Å². The zero-order valence-corrected chi connectivity index (χ0v) is 36.7. The van der Waals surface area contributed by atoms with Gasteiger partial charge in [0.15, 0.2) is 11.5 Å². The molecule has 1 aromatic carbocycles. The monoisotopic (exact) mass is 964 g/mol. The first kappa shape index (κ1) is 53.8. The van der Waals surface area contributed by atoms with E-state index in [1.54, 1.807) is 0 Å². The molecule has 0 bridgehead atoms. The molecule has 0 spiro atoms. The quantitative estimate of drug-likeness (QED) is 0.0816. The summed E-state index contributed by atoms with van der Waals surface area (Å²) in [6.07, 6.45) is -12.3. The molecule has 6 amide bonds. The van der Waals surface area contributed by atoms with Crippen molar-refractivity contribution in [1.29, 1.82) is 0 Å². The summed E-state index contributed by atoms with van der Waals surface area (Å²) in [4.78, 5) is 85.7. The van der Waals surface area contributed by atoms with Crippen LogP contribution in [0.2, 0.25) is 0 Å². The number of hydrogen-bond donors (Lipinski definition) is 16. The molecule has 3 fully saturated rings. The molecule has 3 aliphatic rings. The molecule has 372 valence electrons. The highest BCUT2D eigenvalue weighted by Gasteiger charge is 2.49. The topological polar surface area (TPSA) is 441 Å². The van der Waals surface area contributed by atoms with Crippen LogP contribution < -0.4 is 36.5 Å². The first-order chi connectivity index (χ1) is 30.9. The zero-order valence-electron chi connectivity index (χ0n) is 35.9. The van der Waals surface area contributed by atoms with Crippen LogP contribution in [0.5, 0.6) is 11.5 Å². The van der Waals surface area contributed by atoms with Crippen molar-refractivity contribution in [2.75, 3.05) is 39.4 Å². The van der Waals surface area contributed by atoms with Gasteiger partial charge in [0.05, 0.1) is 61.9 Å². The number of aliphatic hydroxyl groups is 8. The molecule has 28 heteroatoms. The third-order valence-electron chi connectivity index (χ3n) is 11.5. The Hall–Kier alpha value is -4.85. The van der Waals surface area contributed by atoms with Crippen molar-refractivity contribution >= 4 is 45.8 Å². The van der Waals surface area contributed by atoms with Crippen molar-refractivity contribution in [1.82, 2.24) is 36.4 Å². The summed E-state index contributed by atoms with van der Waals surface area (Å²) in [5, 5.41) is 108. The number of benzene rings is 1. The summed E-state index contributed by atoms with van der Waals surface area (Å²) < 4.78 is 36.4. The lowest BCUT2D eigenvalue weighted by atomic mass is 9.98. The maximum Gasteiger partial charge on any atom is 0.446 e. The predicted octanol–water partition coefficient (Wildman–Crippen LogP) is -8.62. The third kappa shape index (κ3) is 13.9. The molecule has 3 saturated heterocycles. The lowest BCUT2D eigenvalue weighted by molar-refractivity contribution is -0.147. The SMILES string of the molecule is C[C@@H](O)[C@@H]1NC(=O)[C@@H](N)C[C@@H](O)CNC(=O)[C@@H]2[C@@H](O)[C@@H](C)CN2C(=O)[C@H]([C@H](O)CCNC(CO)CO)NC(=O)[C@H]([C@H](O)Cc2ccc(O)c(OS(=O)(=O)O)c2)NC(=O)[C@@H]2C[C@@H](O)CN2C1=O. The van der Waals surface area contributed by atoms with E-state index in [0.29, 0.717) is 0 Å². The number of nitrogens with zero attached hydrogens (tertiary/aromatic N) is 2. The maximum absolute atomic E-state index is 14.5. The Kier molecular flexibility index (Phi) is 18.9. The van der Waals surface area contributed by atoms with Gasteiger partial charge in [0.25, 0.3) is 0 Å². The maximum atomic E-state index is 14.5. The number of phenolic OH excluding ortho intramolecular Hbond substituents is 1. The van der Waals surface area contributed by atoms with E-state index in [-0.39, 0.29) is 18.7 Å². The van der Waals surface area contributed by atoms with Gasteiger partial charge in [-0.15, -0.1) is 0 Å². The number of rotatable bonds is 13. The second-order valence-corrected chi connectivity index (χ2v) is 17.7. The Morgan fingerprint density at radius 1 is 0.833 bits per heavy atom. The van der Waals surface area contributed by atoms with Gasteiger partial charge in [-0.2, -0.15) is 8.42 Å². The van der Waals surface area contributed by atoms with E-state index in [2.05, 4.69) is 30.8 Å². The molecule has 66 heavy (non-hydrogen) atoms. The number of aromatic hydroxyl groups is 1. The van der Waals surface area contributed by atoms with Crippen LogP contribution in [0.4, 0.5) is 0 Å². The van der Waals surface area contributed by atoms with Crippen molar-refractivity contribution in [3.05, 3.63) is 23.8 Å². The second kappa shape index (κ2) is 23.2. The van der Waals surface area contributed by atoms with Crippen LogP contribution >= 0.6 is 0 Å². The normalized spacial score (nSPS) is 30.3. The predicted molar refractivity (Wildman–Crippen MR) is 222 cm³/mol. The van der Waals surface area contributed by atoms with Crippen molar-refractivity contribution < 1.29 is 91.9 Å². The molecule has 3 aliphatic heterocycles. The number of carbonyl (C=O) groups excluding carboxylic acids is 6. The number of amides is 6. The molecular weight excluding hydrogens is 905 g/mol. The highest BCUT2D eigenvalue weighted by molar-refractivity contribution is 7.81. The molecule has 4 rings (SSSR count). The van der Waals surface area contributed by atoms with Crippen molar-refractivity contribution in [2.24, 2.45) is 11.7 Å². The standard InChI is InChI=1S/C38H60N8O19S/c1-16-12-46-31(32(16)55)36(59)41-11-20(50)9-22(39)33(56)42-28(17(2)49)37(60)45-13-21(51)10-23(45)34(57)43-29(26(54)7-18-3-4-24(52)27(8-18)65-66(62,63)64)35(58)44-30(38(46)61)25(53)5-6-40-19(14-47)15-48/h3-4,8,16-17,19-23,25-26,28-32,40,47-55H,5-7,9-15,39H2,1-2H3,(H,41,59)(H,42,56)(H,43,57)(H,44,58)(H,62,63,64)/t16-,17+,20+,21+,22-,23-,25+,26+,28-,29-,30-,31-,32-/m0/s1. The number of nitrogens with one attached hydrogen (secondary N) is 5. The lowest BCUT2D eigenvalue weighted by Gasteiger charge is -2.34. The van der Waals surface area contributed by atoms with Crippen LogP contribution in [0.3, 0.4) is 0 Å². The van der Waals surface area contributed by atoms with E-state index in [4.69, 9.17) is 5.73 Å².